The number of hydrogen-bond acceptors (Lipinski definition) is 5. The molecule has 0 radical (unpaired) electrons. The third kappa shape index (κ3) is 4.41. The lowest BCUT2D eigenvalue weighted by atomic mass is 9.93. The Morgan fingerprint density at radius 2 is 1.81 bits per heavy atom. The lowest BCUT2D eigenvalue weighted by Gasteiger charge is -2.37. The molecule has 3 heterocycles. The van der Waals surface area contributed by atoms with E-state index in [1.165, 1.54) is 36.8 Å². The Morgan fingerprint density at radius 3 is 2.56 bits per heavy atom. The van der Waals surface area contributed by atoms with Crippen LogP contribution in [0.2, 0.25) is 0 Å². The Hall–Kier alpha value is -1.72. The summed E-state index contributed by atoms with van der Waals surface area (Å²) in [6.45, 7) is 12.1. The van der Waals surface area contributed by atoms with E-state index < -0.39 is 0 Å². The van der Waals surface area contributed by atoms with Crippen LogP contribution in [0.4, 0.5) is 5.82 Å². The second kappa shape index (κ2) is 8.11. The number of fused-ring (bicyclic) bond motifs is 1. The van der Waals surface area contributed by atoms with Crippen molar-refractivity contribution in [2.45, 2.75) is 52.2 Å². The number of aromatic nitrogens is 2. The van der Waals surface area contributed by atoms with Crippen molar-refractivity contribution in [2.75, 3.05) is 37.6 Å². The molecule has 0 aliphatic carbocycles. The summed E-state index contributed by atoms with van der Waals surface area (Å²) in [6.07, 6.45) is 6.26. The van der Waals surface area contributed by atoms with Gasteiger partial charge < -0.3 is 9.64 Å². The molecule has 4 rings (SSSR count). The number of benzene rings is 1. The second-order valence-corrected chi connectivity index (χ2v) is 8.45. The van der Waals surface area contributed by atoms with Gasteiger partial charge in [0.1, 0.15) is 12.1 Å². The maximum absolute atomic E-state index is 5.85. The molecule has 2 fully saturated rings. The Bertz CT molecular complexity index is 762. The molecule has 2 aliphatic rings. The zero-order chi connectivity index (χ0) is 18.8. The number of aryl methyl sites for hydroxylation is 1. The van der Waals surface area contributed by atoms with Crippen LogP contribution in [0, 0.1) is 12.8 Å². The highest BCUT2D eigenvalue weighted by Gasteiger charge is 2.25. The number of rotatable bonds is 4. The largest absolute Gasteiger partial charge is 0.373 e. The summed E-state index contributed by atoms with van der Waals surface area (Å²) in [5, 5.41) is 1.19. The average molecular weight is 369 g/mol. The third-order valence-electron chi connectivity index (χ3n) is 6.03. The highest BCUT2D eigenvalue weighted by Crippen LogP contribution is 2.29. The van der Waals surface area contributed by atoms with Gasteiger partial charge in [0, 0.05) is 31.6 Å². The molecule has 1 aromatic carbocycles. The van der Waals surface area contributed by atoms with Gasteiger partial charge in [-0.25, -0.2) is 9.97 Å². The summed E-state index contributed by atoms with van der Waals surface area (Å²) < 4.78 is 5.85. The lowest BCUT2D eigenvalue weighted by Crippen LogP contribution is -2.46. The first-order chi connectivity index (χ1) is 13.1. The molecule has 146 valence electrons. The molecule has 0 amide bonds. The van der Waals surface area contributed by atoms with Crippen molar-refractivity contribution in [3.8, 4) is 0 Å². The van der Waals surface area contributed by atoms with Gasteiger partial charge in [-0.3, -0.25) is 4.90 Å². The first-order valence-corrected chi connectivity index (χ1v) is 10.4. The molecule has 2 atom stereocenters. The van der Waals surface area contributed by atoms with Crippen molar-refractivity contribution in [2.24, 2.45) is 5.92 Å². The van der Waals surface area contributed by atoms with Crippen LogP contribution >= 0.6 is 0 Å². The van der Waals surface area contributed by atoms with Gasteiger partial charge in [-0.15, -0.1) is 0 Å². The van der Waals surface area contributed by atoms with E-state index >= 15 is 0 Å². The number of piperidine rings is 1. The van der Waals surface area contributed by atoms with Crippen LogP contribution in [0.15, 0.2) is 24.5 Å². The van der Waals surface area contributed by atoms with Gasteiger partial charge in [0.15, 0.2) is 0 Å². The quantitative estimate of drug-likeness (QED) is 0.824. The van der Waals surface area contributed by atoms with Crippen molar-refractivity contribution in [3.63, 3.8) is 0 Å². The van der Waals surface area contributed by atoms with Gasteiger partial charge in [-0.2, -0.15) is 0 Å². The first kappa shape index (κ1) is 18.6. The Kier molecular flexibility index (Phi) is 5.60. The van der Waals surface area contributed by atoms with Crippen LogP contribution in [0.3, 0.4) is 0 Å². The minimum absolute atomic E-state index is 0.366. The Morgan fingerprint density at radius 1 is 1.07 bits per heavy atom. The van der Waals surface area contributed by atoms with Crippen molar-refractivity contribution >= 4 is 16.7 Å². The zero-order valence-electron chi connectivity index (χ0n) is 16.9. The summed E-state index contributed by atoms with van der Waals surface area (Å²) in [5.74, 6) is 1.93. The highest BCUT2D eigenvalue weighted by atomic mass is 16.5. The van der Waals surface area contributed by atoms with Crippen LogP contribution < -0.4 is 4.90 Å². The fourth-order valence-corrected chi connectivity index (χ4v) is 4.67. The molecular formula is C22H32N4O. The molecule has 5 heteroatoms. The van der Waals surface area contributed by atoms with Gasteiger partial charge >= 0.3 is 0 Å². The third-order valence-corrected chi connectivity index (χ3v) is 6.03. The smallest absolute Gasteiger partial charge is 0.139 e. The van der Waals surface area contributed by atoms with Gasteiger partial charge in [0.25, 0.3) is 0 Å². The summed E-state index contributed by atoms with van der Waals surface area (Å²) in [4.78, 5) is 14.1. The minimum atomic E-state index is 0.366. The summed E-state index contributed by atoms with van der Waals surface area (Å²) in [5.41, 5.74) is 2.31. The molecule has 0 saturated carbocycles. The van der Waals surface area contributed by atoms with E-state index in [9.17, 15) is 0 Å². The molecule has 2 aliphatic heterocycles. The molecular weight excluding hydrogens is 336 g/mol. The van der Waals surface area contributed by atoms with E-state index in [1.807, 2.05) is 0 Å². The monoisotopic (exact) mass is 368 g/mol. The maximum atomic E-state index is 5.85. The topological polar surface area (TPSA) is 41.5 Å². The lowest BCUT2D eigenvalue weighted by molar-refractivity contribution is -0.0690. The van der Waals surface area contributed by atoms with E-state index in [0.29, 0.717) is 12.2 Å². The van der Waals surface area contributed by atoms with Gasteiger partial charge in [-0.05, 0) is 64.6 Å². The van der Waals surface area contributed by atoms with E-state index in [4.69, 9.17) is 4.74 Å². The number of morpholine rings is 1. The van der Waals surface area contributed by atoms with Crippen molar-refractivity contribution in [1.82, 2.24) is 14.9 Å². The van der Waals surface area contributed by atoms with Crippen LogP contribution in [0.25, 0.3) is 10.9 Å². The molecule has 27 heavy (non-hydrogen) atoms. The molecule has 2 aromatic rings. The normalized spacial score (nSPS) is 25.2. The molecule has 2 saturated heterocycles. The minimum Gasteiger partial charge on any atom is -0.373 e. The van der Waals surface area contributed by atoms with Crippen LogP contribution in [-0.4, -0.2) is 59.8 Å². The standard InChI is InChI=1S/C22H32N4O/c1-16-4-5-21-20(12-16)22(24-15-23-21)26-10-7-19(8-11-26)6-9-25-13-17(2)27-18(3)14-25/h4-5,12,15,17-19H,6-11,13-14H2,1-3H3. The van der Waals surface area contributed by atoms with E-state index in [-0.39, 0.29) is 0 Å². The molecule has 5 nitrogen and oxygen atoms in total. The van der Waals surface area contributed by atoms with Gasteiger partial charge in [0.05, 0.1) is 17.7 Å². The van der Waals surface area contributed by atoms with E-state index in [2.05, 4.69) is 58.7 Å². The summed E-state index contributed by atoms with van der Waals surface area (Å²) >= 11 is 0. The highest BCUT2D eigenvalue weighted by molar-refractivity contribution is 5.89. The molecule has 1 aromatic heterocycles. The second-order valence-electron chi connectivity index (χ2n) is 8.45. The predicted octanol–water partition coefficient (Wildman–Crippen LogP) is 3.65. The number of anilines is 1. The summed E-state index contributed by atoms with van der Waals surface area (Å²) in [6, 6.07) is 6.45. The Labute approximate surface area is 162 Å². The fourth-order valence-electron chi connectivity index (χ4n) is 4.67. The average Bonchev–Trinajstić information content (AvgIpc) is 2.66. The fraction of sp³-hybridized carbons (Fsp3) is 0.636. The number of hydrogen-bond donors (Lipinski definition) is 0. The predicted molar refractivity (Wildman–Crippen MR) is 110 cm³/mol. The van der Waals surface area contributed by atoms with Crippen molar-refractivity contribution in [1.29, 1.82) is 0 Å². The molecule has 0 N–H and O–H groups in total. The van der Waals surface area contributed by atoms with Crippen molar-refractivity contribution < 1.29 is 4.74 Å². The first-order valence-electron chi connectivity index (χ1n) is 10.4. The molecule has 0 bridgehead atoms. The van der Waals surface area contributed by atoms with Gasteiger partial charge in [-0.1, -0.05) is 11.6 Å². The van der Waals surface area contributed by atoms with Crippen LogP contribution in [-0.2, 0) is 4.74 Å². The number of nitrogens with zero attached hydrogens (tertiary/aromatic N) is 4. The summed E-state index contributed by atoms with van der Waals surface area (Å²) in [7, 11) is 0. The Balaban J connectivity index is 1.34. The SMILES string of the molecule is Cc1ccc2ncnc(N3CCC(CCN4CC(C)OC(C)C4)CC3)c2c1. The zero-order valence-corrected chi connectivity index (χ0v) is 16.9. The molecule has 0 spiro atoms. The molecule has 2 unspecified atom stereocenters. The maximum Gasteiger partial charge on any atom is 0.139 e. The van der Waals surface area contributed by atoms with Crippen molar-refractivity contribution in [3.05, 3.63) is 30.1 Å². The van der Waals surface area contributed by atoms with E-state index in [1.54, 1.807) is 6.33 Å². The van der Waals surface area contributed by atoms with Crippen LogP contribution in [0.5, 0.6) is 0 Å². The van der Waals surface area contributed by atoms with Crippen LogP contribution in [0.1, 0.15) is 38.7 Å². The van der Waals surface area contributed by atoms with Gasteiger partial charge in [0.2, 0.25) is 0 Å². The van der Waals surface area contributed by atoms with E-state index in [0.717, 1.165) is 43.4 Å². The number of ether oxygens (including phenoxy) is 1.